The van der Waals surface area contributed by atoms with Gasteiger partial charge >= 0.3 is 0 Å². The first-order chi connectivity index (χ1) is 12.8. The first-order valence-corrected chi connectivity index (χ1v) is 8.34. The molecule has 0 atom stereocenters. The van der Waals surface area contributed by atoms with Gasteiger partial charge in [0.25, 0.3) is 0 Å². The third-order valence-electron chi connectivity index (χ3n) is 4.58. The average molecular weight is 330 g/mol. The van der Waals surface area contributed by atoms with E-state index in [2.05, 4.69) is 30.3 Å². The monoisotopic (exact) mass is 330 g/mol. The highest BCUT2D eigenvalue weighted by Crippen LogP contribution is 2.39. The van der Waals surface area contributed by atoms with E-state index < -0.39 is 0 Å². The number of fused-ring (bicyclic) bond motifs is 1. The second-order valence-electron chi connectivity index (χ2n) is 6.03. The van der Waals surface area contributed by atoms with Crippen molar-refractivity contribution in [3.63, 3.8) is 0 Å². The lowest BCUT2D eigenvalue weighted by atomic mass is 9.86. The molecule has 120 valence electrons. The molecular weight excluding hydrogens is 316 g/mol. The molecule has 0 aromatic heterocycles. The van der Waals surface area contributed by atoms with Gasteiger partial charge in [-0.3, -0.25) is 0 Å². The molecule has 4 rings (SSSR count). The minimum Gasteiger partial charge on any atom is -0.192 e. The summed E-state index contributed by atoms with van der Waals surface area (Å²) in [6, 6.07) is 32.2. The van der Waals surface area contributed by atoms with E-state index in [9.17, 15) is 10.5 Å². The minimum atomic E-state index is 0.398. The zero-order chi connectivity index (χ0) is 17.9. The molecule has 0 amide bonds. The minimum absolute atomic E-state index is 0.398. The van der Waals surface area contributed by atoms with Crippen molar-refractivity contribution in [2.75, 3.05) is 0 Å². The van der Waals surface area contributed by atoms with Gasteiger partial charge in [0, 0.05) is 5.56 Å². The van der Waals surface area contributed by atoms with E-state index in [1.165, 1.54) is 0 Å². The van der Waals surface area contributed by atoms with Crippen LogP contribution in [-0.2, 0) is 0 Å². The molecule has 2 nitrogen and oxygen atoms in total. The Bertz CT molecular complexity index is 1190. The van der Waals surface area contributed by atoms with E-state index in [1.807, 2.05) is 60.7 Å². The van der Waals surface area contributed by atoms with Crippen molar-refractivity contribution in [3.8, 4) is 34.4 Å². The fourth-order valence-electron chi connectivity index (χ4n) is 3.39. The Morgan fingerprint density at radius 1 is 0.577 bits per heavy atom. The van der Waals surface area contributed by atoms with E-state index in [1.54, 1.807) is 6.07 Å². The van der Waals surface area contributed by atoms with Crippen molar-refractivity contribution in [2.45, 2.75) is 0 Å². The molecule has 0 unspecified atom stereocenters. The molecule has 4 aromatic rings. The molecule has 0 radical (unpaired) electrons. The van der Waals surface area contributed by atoms with Crippen LogP contribution in [0, 0.1) is 22.7 Å². The second-order valence-corrected chi connectivity index (χ2v) is 6.03. The quantitative estimate of drug-likeness (QED) is 0.458. The average Bonchev–Trinajstić information content (AvgIpc) is 2.72. The summed E-state index contributed by atoms with van der Waals surface area (Å²) in [5, 5.41) is 21.5. The zero-order valence-corrected chi connectivity index (χ0v) is 14.0. The summed E-state index contributed by atoms with van der Waals surface area (Å²) >= 11 is 0. The third kappa shape index (κ3) is 2.51. The van der Waals surface area contributed by atoms with E-state index in [0.29, 0.717) is 11.1 Å². The largest absolute Gasteiger partial charge is 0.192 e. The highest BCUT2D eigenvalue weighted by atomic mass is 14.3. The van der Waals surface area contributed by atoms with Crippen molar-refractivity contribution in [1.29, 1.82) is 10.5 Å². The van der Waals surface area contributed by atoms with Crippen LogP contribution in [-0.4, -0.2) is 0 Å². The first kappa shape index (κ1) is 15.6. The molecule has 0 saturated carbocycles. The summed E-state index contributed by atoms with van der Waals surface area (Å²) in [6.45, 7) is 0. The Kier molecular flexibility index (Phi) is 3.94. The van der Waals surface area contributed by atoms with Crippen LogP contribution in [0.15, 0.2) is 84.9 Å². The van der Waals surface area contributed by atoms with Crippen molar-refractivity contribution < 1.29 is 0 Å². The van der Waals surface area contributed by atoms with Gasteiger partial charge in [0.1, 0.15) is 12.1 Å². The Morgan fingerprint density at radius 2 is 1.31 bits per heavy atom. The summed E-state index contributed by atoms with van der Waals surface area (Å²) in [7, 11) is 0. The van der Waals surface area contributed by atoms with Gasteiger partial charge in [-0.05, 0) is 33.5 Å². The van der Waals surface area contributed by atoms with Crippen molar-refractivity contribution in [3.05, 3.63) is 96.1 Å². The van der Waals surface area contributed by atoms with Gasteiger partial charge < -0.3 is 0 Å². The van der Waals surface area contributed by atoms with Crippen LogP contribution in [0.5, 0.6) is 0 Å². The zero-order valence-electron chi connectivity index (χ0n) is 14.0. The molecule has 26 heavy (non-hydrogen) atoms. The second kappa shape index (κ2) is 6.55. The molecule has 0 saturated heterocycles. The highest BCUT2D eigenvalue weighted by Gasteiger charge is 2.18. The van der Waals surface area contributed by atoms with Crippen LogP contribution >= 0.6 is 0 Å². The number of rotatable bonds is 2. The molecule has 0 aliphatic carbocycles. The maximum absolute atomic E-state index is 9.83. The number of hydrogen-bond acceptors (Lipinski definition) is 2. The van der Waals surface area contributed by atoms with Crippen LogP contribution in [0.1, 0.15) is 11.1 Å². The molecule has 0 spiro atoms. The van der Waals surface area contributed by atoms with Crippen LogP contribution in [0.4, 0.5) is 0 Å². The summed E-state index contributed by atoms with van der Waals surface area (Å²) in [5.74, 6) is 0. The molecule has 0 N–H and O–H groups in total. The van der Waals surface area contributed by atoms with Crippen LogP contribution in [0.3, 0.4) is 0 Å². The molecule has 0 aliphatic rings. The molecule has 2 heteroatoms. The standard InChI is InChI=1S/C24H14N2/c25-15-19-13-14-21(18-7-2-1-3-8-18)24(23(19)16-26)22-12-6-10-17-9-4-5-11-20(17)22/h1-14H. The van der Waals surface area contributed by atoms with Crippen LogP contribution < -0.4 is 0 Å². The smallest absolute Gasteiger partial charge is 0.101 e. The van der Waals surface area contributed by atoms with E-state index in [4.69, 9.17) is 0 Å². The normalized spacial score (nSPS) is 10.2. The fourth-order valence-corrected chi connectivity index (χ4v) is 3.39. The van der Waals surface area contributed by atoms with E-state index in [0.717, 1.165) is 33.0 Å². The predicted molar refractivity (Wildman–Crippen MR) is 104 cm³/mol. The molecule has 0 heterocycles. The van der Waals surface area contributed by atoms with Gasteiger partial charge in [-0.15, -0.1) is 0 Å². The Balaban J connectivity index is 2.15. The fraction of sp³-hybridized carbons (Fsp3) is 0. The number of hydrogen-bond donors (Lipinski definition) is 0. The summed E-state index contributed by atoms with van der Waals surface area (Å²) < 4.78 is 0. The SMILES string of the molecule is N#Cc1ccc(-c2ccccc2)c(-c2cccc3ccccc23)c1C#N. The lowest BCUT2D eigenvalue weighted by molar-refractivity contribution is 1.43. The van der Waals surface area contributed by atoms with Crippen LogP contribution in [0.25, 0.3) is 33.0 Å². The summed E-state index contributed by atoms with van der Waals surface area (Å²) in [4.78, 5) is 0. The van der Waals surface area contributed by atoms with Crippen molar-refractivity contribution in [2.24, 2.45) is 0 Å². The Hall–Kier alpha value is -3.88. The topological polar surface area (TPSA) is 47.6 Å². The van der Waals surface area contributed by atoms with Gasteiger partial charge in [-0.25, -0.2) is 0 Å². The Morgan fingerprint density at radius 3 is 2.08 bits per heavy atom. The summed E-state index contributed by atoms with van der Waals surface area (Å²) in [6.07, 6.45) is 0. The summed E-state index contributed by atoms with van der Waals surface area (Å²) in [5.41, 5.74) is 4.58. The van der Waals surface area contributed by atoms with E-state index in [-0.39, 0.29) is 0 Å². The number of nitriles is 2. The van der Waals surface area contributed by atoms with Crippen LogP contribution in [0.2, 0.25) is 0 Å². The number of nitrogens with zero attached hydrogens (tertiary/aromatic N) is 2. The maximum atomic E-state index is 9.83. The van der Waals surface area contributed by atoms with Gasteiger partial charge in [0.15, 0.2) is 0 Å². The predicted octanol–water partition coefficient (Wildman–Crippen LogP) is 5.92. The van der Waals surface area contributed by atoms with Gasteiger partial charge in [-0.2, -0.15) is 10.5 Å². The van der Waals surface area contributed by atoms with Gasteiger partial charge in [0.05, 0.1) is 11.1 Å². The van der Waals surface area contributed by atoms with E-state index >= 15 is 0 Å². The first-order valence-electron chi connectivity index (χ1n) is 8.34. The lowest BCUT2D eigenvalue weighted by Gasteiger charge is -2.15. The molecule has 4 aromatic carbocycles. The molecular formula is C24H14N2. The molecule has 0 aliphatic heterocycles. The van der Waals surface area contributed by atoms with Crippen molar-refractivity contribution in [1.82, 2.24) is 0 Å². The third-order valence-corrected chi connectivity index (χ3v) is 4.58. The van der Waals surface area contributed by atoms with Crippen molar-refractivity contribution >= 4 is 10.8 Å². The lowest BCUT2D eigenvalue weighted by Crippen LogP contribution is -1.95. The highest BCUT2D eigenvalue weighted by molar-refractivity contribution is 6.02. The Labute approximate surface area is 152 Å². The molecule has 0 fully saturated rings. The molecule has 0 bridgehead atoms. The number of benzene rings is 4. The maximum Gasteiger partial charge on any atom is 0.101 e. The van der Waals surface area contributed by atoms with Gasteiger partial charge in [0.2, 0.25) is 0 Å². The van der Waals surface area contributed by atoms with Gasteiger partial charge in [-0.1, -0.05) is 78.9 Å².